The zero-order chi connectivity index (χ0) is 15.7. The molecule has 0 radical (unpaired) electrons. The van der Waals surface area contributed by atoms with E-state index in [1.165, 1.54) is 5.56 Å². The number of carbonyl (C=O) groups is 1. The van der Waals surface area contributed by atoms with Crippen molar-refractivity contribution < 1.29 is 4.79 Å². The predicted molar refractivity (Wildman–Crippen MR) is 86.9 cm³/mol. The fraction of sp³-hybridized carbons (Fsp3) is 0.158. The number of carbonyl (C=O) groups excluding carboxylic acids is 1. The second-order valence-electron chi connectivity index (χ2n) is 5.65. The monoisotopic (exact) mass is 288 g/mol. The fourth-order valence-electron chi connectivity index (χ4n) is 2.54. The van der Waals surface area contributed by atoms with Gasteiger partial charge in [-0.1, -0.05) is 26.0 Å². The van der Waals surface area contributed by atoms with Crippen LogP contribution in [0.25, 0.3) is 10.9 Å². The van der Waals surface area contributed by atoms with Crippen LogP contribution in [0.15, 0.2) is 54.7 Å². The van der Waals surface area contributed by atoms with Crippen molar-refractivity contribution in [2.24, 2.45) is 0 Å². The second-order valence-corrected chi connectivity index (χ2v) is 5.65. The summed E-state index contributed by atoms with van der Waals surface area (Å²) < 4.78 is 1.63. The number of nitrogens with zero attached hydrogens (tertiary/aromatic N) is 2. The summed E-state index contributed by atoms with van der Waals surface area (Å²) in [5.74, 6) is 0.385. The van der Waals surface area contributed by atoms with E-state index in [2.05, 4.69) is 19.9 Å². The zero-order valence-electron chi connectivity index (χ0n) is 12.6. The van der Waals surface area contributed by atoms with E-state index in [0.717, 1.165) is 10.9 Å². The molecule has 3 aromatic rings. The Morgan fingerprint density at radius 1 is 1.09 bits per heavy atom. The minimum Gasteiger partial charge on any atom is -0.283 e. The summed E-state index contributed by atoms with van der Waals surface area (Å²) in [6, 6.07) is 17.0. The average Bonchev–Trinajstić information content (AvgIpc) is 2.97. The van der Waals surface area contributed by atoms with Crippen LogP contribution in [-0.4, -0.2) is 10.5 Å². The van der Waals surface area contributed by atoms with Crippen LogP contribution < -0.4 is 0 Å². The lowest BCUT2D eigenvalue weighted by atomic mass is 10.0. The maximum absolute atomic E-state index is 12.7. The van der Waals surface area contributed by atoms with E-state index in [1.54, 1.807) is 22.9 Å². The predicted octanol–water partition coefficient (Wildman–Crippen LogP) is 4.32. The van der Waals surface area contributed by atoms with Crippen molar-refractivity contribution in [3.63, 3.8) is 0 Å². The van der Waals surface area contributed by atoms with Crippen LogP contribution in [0, 0.1) is 11.3 Å². The standard InChI is InChI=1S/C19H16N2O/c1-13(2)15-4-6-16(7-5-15)19(22)21-10-9-17-11-14(12-20)3-8-18(17)21/h3-11,13H,1-2H3. The van der Waals surface area contributed by atoms with Crippen molar-refractivity contribution in [2.45, 2.75) is 19.8 Å². The van der Waals surface area contributed by atoms with Gasteiger partial charge in [-0.05, 0) is 47.9 Å². The molecule has 0 N–H and O–H groups in total. The van der Waals surface area contributed by atoms with E-state index in [-0.39, 0.29) is 5.91 Å². The van der Waals surface area contributed by atoms with Crippen LogP contribution in [0.3, 0.4) is 0 Å². The van der Waals surface area contributed by atoms with Crippen molar-refractivity contribution >= 4 is 16.8 Å². The molecule has 3 rings (SSSR count). The summed E-state index contributed by atoms with van der Waals surface area (Å²) in [5, 5.41) is 9.83. The third kappa shape index (κ3) is 2.40. The minimum atomic E-state index is -0.0602. The van der Waals surface area contributed by atoms with Gasteiger partial charge in [-0.2, -0.15) is 5.26 Å². The number of hydrogen-bond donors (Lipinski definition) is 0. The quantitative estimate of drug-likeness (QED) is 0.704. The van der Waals surface area contributed by atoms with Gasteiger partial charge >= 0.3 is 0 Å². The van der Waals surface area contributed by atoms with E-state index in [9.17, 15) is 4.79 Å². The van der Waals surface area contributed by atoms with E-state index in [1.807, 2.05) is 36.4 Å². The molecule has 0 unspecified atom stereocenters. The molecule has 0 aliphatic rings. The van der Waals surface area contributed by atoms with Crippen LogP contribution in [0.1, 0.15) is 41.3 Å². The summed E-state index contributed by atoms with van der Waals surface area (Å²) in [5.41, 5.74) is 3.29. The molecule has 0 aliphatic carbocycles. The number of fused-ring (bicyclic) bond motifs is 1. The Hall–Kier alpha value is -2.86. The average molecular weight is 288 g/mol. The number of benzene rings is 2. The second kappa shape index (κ2) is 5.50. The Morgan fingerprint density at radius 3 is 2.45 bits per heavy atom. The van der Waals surface area contributed by atoms with Gasteiger partial charge in [0, 0.05) is 17.1 Å². The smallest absolute Gasteiger partial charge is 0.262 e. The third-order valence-corrected chi connectivity index (χ3v) is 3.86. The molecule has 3 nitrogen and oxygen atoms in total. The molecule has 108 valence electrons. The van der Waals surface area contributed by atoms with Gasteiger partial charge in [0.2, 0.25) is 0 Å². The summed E-state index contributed by atoms with van der Waals surface area (Å²) in [7, 11) is 0. The van der Waals surface area contributed by atoms with Crippen molar-refractivity contribution in [3.8, 4) is 6.07 Å². The van der Waals surface area contributed by atoms with Crippen LogP contribution in [-0.2, 0) is 0 Å². The molecule has 22 heavy (non-hydrogen) atoms. The molecule has 0 fully saturated rings. The van der Waals surface area contributed by atoms with Crippen LogP contribution >= 0.6 is 0 Å². The molecule has 0 bridgehead atoms. The normalized spacial score (nSPS) is 10.8. The molecule has 1 heterocycles. The number of aromatic nitrogens is 1. The largest absolute Gasteiger partial charge is 0.283 e. The van der Waals surface area contributed by atoms with Gasteiger partial charge in [0.05, 0.1) is 17.1 Å². The Morgan fingerprint density at radius 2 is 1.82 bits per heavy atom. The van der Waals surface area contributed by atoms with Gasteiger partial charge in [0.15, 0.2) is 0 Å². The molecule has 1 aromatic heterocycles. The molecule has 0 spiro atoms. The van der Waals surface area contributed by atoms with Gasteiger partial charge < -0.3 is 0 Å². The molecule has 0 saturated carbocycles. The number of nitriles is 1. The van der Waals surface area contributed by atoms with Gasteiger partial charge in [-0.3, -0.25) is 9.36 Å². The zero-order valence-corrected chi connectivity index (χ0v) is 12.6. The summed E-state index contributed by atoms with van der Waals surface area (Å²) in [4.78, 5) is 12.7. The van der Waals surface area contributed by atoms with E-state index in [0.29, 0.717) is 17.0 Å². The summed E-state index contributed by atoms with van der Waals surface area (Å²) in [6.45, 7) is 4.26. The maximum Gasteiger partial charge on any atom is 0.262 e. The van der Waals surface area contributed by atoms with Crippen molar-refractivity contribution in [1.82, 2.24) is 4.57 Å². The lowest BCUT2D eigenvalue weighted by molar-refractivity contribution is 0.0965. The maximum atomic E-state index is 12.7. The molecule has 2 aromatic carbocycles. The SMILES string of the molecule is CC(C)c1ccc(C(=O)n2ccc3cc(C#N)ccc32)cc1. The molecular formula is C19H16N2O. The van der Waals surface area contributed by atoms with Crippen LogP contribution in [0.2, 0.25) is 0 Å². The summed E-state index contributed by atoms with van der Waals surface area (Å²) in [6.07, 6.45) is 1.75. The first-order chi connectivity index (χ1) is 10.6. The first kappa shape index (κ1) is 14.1. The Kier molecular flexibility index (Phi) is 3.52. The number of hydrogen-bond acceptors (Lipinski definition) is 2. The topological polar surface area (TPSA) is 45.8 Å². The minimum absolute atomic E-state index is 0.0602. The molecule has 0 aliphatic heterocycles. The van der Waals surface area contributed by atoms with Crippen molar-refractivity contribution in [2.75, 3.05) is 0 Å². The molecule has 0 amide bonds. The molecular weight excluding hydrogens is 272 g/mol. The Balaban J connectivity index is 2.00. The summed E-state index contributed by atoms with van der Waals surface area (Å²) >= 11 is 0. The molecule has 0 atom stereocenters. The highest BCUT2D eigenvalue weighted by Crippen LogP contribution is 2.20. The van der Waals surface area contributed by atoms with Crippen LogP contribution in [0.5, 0.6) is 0 Å². The van der Waals surface area contributed by atoms with Gasteiger partial charge in [0.25, 0.3) is 5.91 Å². The molecule has 3 heteroatoms. The molecule has 0 saturated heterocycles. The third-order valence-electron chi connectivity index (χ3n) is 3.86. The highest BCUT2D eigenvalue weighted by molar-refractivity contribution is 6.02. The van der Waals surface area contributed by atoms with Gasteiger partial charge in [0.1, 0.15) is 0 Å². The Bertz CT molecular complexity index is 880. The highest BCUT2D eigenvalue weighted by Gasteiger charge is 2.12. The lowest BCUT2D eigenvalue weighted by Gasteiger charge is -2.08. The first-order valence-electron chi connectivity index (χ1n) is 7.26. The van der Waals surface area contributed by atoms with E-state index in [4.69, 9.17) is 5.26 Å². The Labute approximate surface area is 129 Å². The fourth-order valence-corrected chi connectivity index (χ4v) is 2.54. The van der Waals surface area contributed by atoms with E-state index >= 15 is 0 Å². The van der Waals surface area contributed by atoms with Crippen molar-refractivity contribution in [1.29, 1.82) is 5.26 Å². The highest BCUT2D eigenvalue weighted by atomic mass is 16.2. The van der Waals surface area contributed by atoms with Crippen molar-refractivity contribution in [3.05, 3.63) is 71.4 Å². The van der Waals surface area contributed by atoms with Gasteiger partial charge in [-0.15, -0.1) is 0 Å². The van der Waals surface area contributed by atoms with Gasteiger partial charge in [-0.25, -0.2) is 0 Å². The lowest BCUT2D eigenvalue weighted by Crippen LogP contribution is -2.10. The van der Waals surface area contributed by atoms with Crippen LogP contribution in [0.4, 0.5) is 0 Å². The number of rotatable bonds is 2. The first-order valence-corrected chi connectivity index (χ1v) is 7.26. The van der Waals surface area contributed by atoms with E-state index < -0.39 is 0 Å².